The molecule has 0 atom stereocenters. The molecule has 1 aromatic carbocycles. The molecule has 106 valence electrons. The topological polar surface area (TPSA) is 35.5 Å². The van der Waals surface area contributed by atoms with E-state index in [4.69, 9.17) is 9.47 Å². The van der Waals surface area contributed by atoms with Crippen molar-refractivity contribution in [2.24, 2.45) is 0 Å². The Balaban J connectivity index is 2.80. The van der Waals surface area contributed by atoms with Crippen LogP contribution in [0, 0.1) is 0 Å². The van der Waals surface area contributed by atoms with Gasteiger partial charge in [0.15, 0.2) is 5.60 Å². The average molecular weight is 264 g/mol. The van der Waals surface area contributed by atoms with E-state index in [-0.39, 0.29) is 11.4 Å². The maximum absolute atomic E-state index is 11.7. The van der Waals surface area contributed by atoms with Crippen LogP contribution in [0.1, 0.15) is 47.1 Å². The van der Waals surface area contributed by atoms with Gasteiger partial charge >= 0.3 is 5.97 Å². The molecule has 0 aliphatic carbocycles. The molecule has 0 aromatic heterocycles. The molecule has 0 heterocycles. The summed E-state index contributed by atoms with van der Waals surface area (Å²) in [6, 6.07) is 7.83. The highest BCUT2D eigenvalue weighted by atomic mass is 16.6. The van der Waals surface area contributed by atoms with Gasteiger partial charge in [0, 0.05) is 0 Å². The molecule has 0 saturated carbocycles. The molecule has 0 aliphatic heterocycles. The number of esters is 1. The zero-order valence-electron chi connectivity index (χ0n) is 12.7. The van der Waals surface area contributed by atoms with E-state index in [0.717, 1.165) is 0 Å². The molecule has 1 aromatic rings. The van der Waals surface area contributed by atoms with E-state index in [9.17, 15) is 4.79 Å². The highest BCUT2D eigenvalue weighted by Gasteiger charge is 2.31. The molecule has 0 aliphatic rings. The molecule has 0 bridgehead atoms. The van der Waals surface area contributed by atoms with Crippen LogP contribution in [0.3, 0.4) is 0 Å². The summed E-state index contributed by atoms with van der Waals surface area (Å²) in [5.41, 5.74) is 0.364. The Morgan fingerprint density at radius 2 is 1.58 bits per heavy atom. The summed E-state index contributed by atoms with van der Waals surface area (Å²) in [5.74, 6) is 0.320. The van der Waals surface area contributed by atoms with Crippen LogP contribution in [0.15, 0.2) is 24.3 Å². The van der Waals surface area contributed by atoms with Crippen molar-refractivity contribution >= 4 is 5.97 Å². The number of carbonyl (C=O) groups excluding carboxylic acids is 1. The lowest BCUT2D eigenvalue weighted by Gasteiger charge is -2.25. The Morgan fingerprint density at radius 3 is 2.00 bits per heavy atom. The number of hydrogen-bond donors (Lipinski definition) is 0. The van der Waals surface area contributed by atoms with Crippen LogP contribution in [0.2, 0.25) is 0 Å². The van der Waals surface area contributed by atoms with Crippen molar-refractivity contribution in [1.29, 1.82) is 0 Å². The first-order valence-corrected chi connectivity index (χ1v) is 6.63. The van der Waals surface area contributed by atoms with Crippen LogP contribution >= 0.6 is 0 Å². The second kappa shape index (κ2) is 5.64. The largest absolute Gasteiger partial charge is 0.476 e. The van der Waals surface area contributed by atoms with E-state index >= 15 is 0 Å². The van der Waals surface area contributed by atoms with Gasteiger partial charge in [-0.15, -0.1) is 0 Å². The van der Waals surface area contributed by atoms with E-state index in [0.29, 0.717) is 12.4 Å². The van der Waals surface area contributed by atoms with Gasteiger partial charge in [0.05, 0.1) is 6.61 Å². The third-order valence-electron chi connectivity index (χ3n) is 2.86. The van der Waals surface area contributed by atoms with Crippen molar-refractivity contribution < 1.29 is 14.3 Å². The van der Waals surface area contributed by atoms with E-state index in [2.05, 4.69) is 20.8 Å². The first-order valence-electron chi connectivity index (χ1n) is 6.63. The summed E-state index contributed by atoms with van der Waals surface area (Å²) in [6.45, 7) is 12.0. The van der Waals surface area contributed by atoms with Gasteiger partial charge in [0.2, 0.25) is 0 Å². The third-order valence-corrected chi connectivity index (χ3v) is 2.86. The second-order valence-electron chi connectivity index (χ2n) is 6.11. The number of benzene rings is 1. The summed E-state index contributed by atoms with van der Waals surface area (Å²) >= 11 is 0. The fourth-order valence-corrected chi connectivity index (χ4v) is 1.66. The van der Waals surface area contributed by atoms with Crippen LogP contribution in [-0.2, 0) is 14.9 Å². The zero-order valence-corrected chi connectivity index (χ0v) is 12.7. The number of rotatable bonds is 4. The lowest BCUT2D eigenvalue weighted by atomic mass is 9.87. The molecule has 3 heteroatoms. The third kappa shape index (κ3) is 4.27. The quantitative estimate of drug-likeness (QED) is 0.778. The summed E-state index contributed by atoms with van der Waals surface area (Å²) in [6.07, 6.45) is 0. The number of carbonyl (C=O) groups is 1. The van der Waals surface area contributed by atoms with Crippen molar-refractivity contribution in [2.45, 2.75) is 52.6 Å². The molecule has 0 amide bonds. The first-order chi connectivity index (χ1) is 8.66. The summed E-state index contributed by atoms with van der Waals surface area (Å²) in [4.78, 5) is 11.7. The van der Waals surface area contributed by atoms with Crippen molar-refractivity contribution in [3.63, 3.8) is 0 Å². The van der Waals surface area contributed by atoms with E-state index in [1.165, 1.54) is 5.56 Å². The first kappa shape index (κ1) is 15.5. The average Bonchev–Trinajstić information content (AvgIpc) is 2.28. The lowest BCUT2D eigenvalue weighted by Crippen LogP contribution is -2.39. The van der Waals surface area contributed by atoms with Crippen molar-refractivity contribution in [3.8, 4) is 5.75 Å². The molecule has 0 unspecified atom stereocenters. The molecule has 0 spiro atoms. The van der Waals surface area contributed by atoms with Gasteiger partial charge in [-0.25, -0.2) is 4.79 Å². The predicted octanol–water partition coefficient (Wildman–Crippen LogP) is 3.70. The van der Waals surface area contributed by atoms with Gasteiger partial charge in [0.25, 0.3) is 0 Å². The maximum Gasteiger partial charge on any atom is 0.349 e. The van der Waals surface area contributed by atoms with Gasteiger partial charge < -0.3 is 9.47 Å². The van der Waals surface area contributed by atoms with Crippen molar-refractivity contribution in [3.05, 3.63) is 29.8 Å². The molecule has 3 nitrogen and oxygen atoms in total. The summed E-state index contributed by atoms with van der Waals surface area (Å²) < 4.78 is 10.7. The minimum absolute atomic E-state index is 0.106. The highest BCUT2D eigenvalue weighted by molar-refractivity contribution is 5.79. The molecular weight excluding hydrogens is 240 g/mol. The van der Waals surface area contributed by atoms with Gasteiger partial charge in [-0.1, -0.05) is 32.9 Å². The molecule has 0 radical (unpaired) electrons. The second-order valence-corrected chi connectivity index (χ2v) is 6.11. The standard InChI is InChI=1S/C16H24O3/c1-7-18-14(17)16(5,6)19-13-10-8-12(9-11-13)15(2,3)4/h8-11H,7H2,1-6H3. The fraction of sp³-hybridized carbons (Fsp3) is 0.562. The fourth-order valence-electron chi connectivity index (χ4n) is 1.66. The van der Waals surface area contributed by atoms with Crippen molar-refractivity contribution in [2.75, 3.05) is 6.61 Å². The zero-order chi connectivity index (χ0) is 14.7. The van der Waals surface area contributed by atoms with Crippen LogP contribution in [-0.4, -0.2) is 18.2 Å². The minimum atomic E-state index is -0.973. The molecule has 19 heavy (non-hydrogen) atoms. The van der Waals surface area contributed by atoms with Crippen molar-refractivity contribution in [1.82, 2.24) is 0 Å². The monoisotopic (exact) mass is 264 g/mol. The van der Waals surface area contributed by atoms with E-state index in [1.54, 1.807) is 20.8 Å². The van der Waals surface area contributed by atoms with Crippen LogP contribution in [0.4, 0.5) is 0 Å². The molecule has 0 N–H and O–H groups in total. The Hall–Kier alpha value is -1.51. The van der Waals surface area contributed by atoms with Crippen LogP contribution in [0.25, 0.3) is 0 Å². The number of hydrogen-bond acceptors (Lipinski definition) is 3. The molecule has 1 rings (SSSR count). The minimum Gasteiger partial charge on any atom is -0.476 e. The molecule has 0 saturated heterocycles. The maximum atomic E-state index is 11.7. The number of ether oxygens (including phenoxy) is 2. The predicted molar refractivity (Wildman–Crippen MR) is 76.5 cm³/mol. The Morgan fingerprint density at radius 1 is 1.05 bits per heavy atom. The molecule has 0 fully saturated rings. The van der Waals surface area contributed by atoms with E-state index in [1.807, 2.05) is 24.3 Å². The Labute approximate surface area is 115 Å². The Bertz CT molecular complexity index is 424. The summed E-state index contributed by atoms with van der Waals surface area (Å²) in [5, 5.41) is 0. The van der Waals surface area contributed by atoms with Crippen LogP contribution in [0.5, 0.6) is 5.75 Å². The van der Waals surface area contributed by atoms with Crippen LogP contribution < -0.4 is 4.74 Å². The molecular formula is C16H24O3. The summed E-state index contributed by atoms with van der Waals surface area (Å²) in [7, 11) is 0. The SMILES string of the molecule is CCOC(=O)C(C)(C)Oc1ccc(C(C)(C)C)cc1. The lowest BCUT2D eigenvalue weighted by molar-refractivity contribution is -0.158. The van der Waals surface area contributed by atoms with E-state index < -0.39 is 5.60 Å². The smallest absolute Gasteiger partial charge is 0.349 e. The van der Waals surface area contributed by atoms with Gasteiger partial charge in [-0.05, 0) is 43.9 Å². The van der Waals surface area contributed by atoms with Gasteiger partial charge in [-0.2, -0.15) is 0 Å². The highest BCUT2D eigenvalue weighted by Crippen LogP contribution is 2.26. The van der Waals surface area contributed by atoms with Gasteiger partial charge in [-0.3, -0.25) is 0 Å². The Kier molecular flexibility index (Phi) is 4.61. The van der Waals surface area contributed by atoms with Gasteiger partial charge in [0.1, 0.15) is 5.75 Å². The normalized spacial score (nSPS) is 12.1.